The Morgan fingerprint density at radius 2 is 2.37 bits per heavy atom. The van der Waals surface area contributed by atoms with Crippen LogP contribution in [-0.2, 0) is 13.0 Å². The van der Waals surface area contributed by atoms with Gasteiger partial charge in [-0.25, -0.2) is 4.68 Å². The van der Waals surface area contributed by atoms with E-state index in [1.807, 2.05) is 23.0 Å². The Morgan fingerprint density at radius 3 is 3.16 bits per heavy atom. The van der Waals surface area contributed by atoms with Crippen LogP contribution in [0.3, 0.4) is 0 Å². The van der Waals surface area contributed by atoms with Gasteiger partial charge >= 0.3 is 0 Å². The molecular weight excluding hydrogens is 330 g/mol. The monoisotopic (exact) mass is 339 g/mol. The summed E-state index contributed by atoms with van der Waals surface area (Å²) in [7, 11) is 0. The van der Waals surface area contributed by atoms with Gasteiger partial charge in [-0.2, -0.15) is 16.3 Å². The number of aromatic nitrogens is 5. The first-order valence-corrected chi connectivity index (χ1v) is 7.71. The van der Waals surface area contributed by atoms with Crippen molar-refractivity contribution in [2.24, 2.45) is 0 Å². The highest BCUT2D eigenvalue weighted by atomic mass is 79.9. The van der Waals surface area contributed by atoms with E-state index in [9.17, 15) is 0 Å². The lowest BCUT2D eigenvalue weighted by atomic mass is 10.3. The van der Waals surface area contributed by atoms with E-state index in [2.05, 4.69) is 36.4 Å². The summed E-state index contributed by atoms with van der Waals surface area (Å²) in [6, 6.07) is 1.96. The molecule has 0 radical (unpaired) electrons. The van der Waals surface area contributed by atoms with Crippen molar-refractivity contribution in [3.05, 3.63) is 34.6 Å². The van der Waals surface area contributed by atoms with Gasteiger partial charge in [0.15, 0.2) is 0 Å². The van der Waals surface area contributed by atoms with Crippen molar-refractivity contribution in [1.29, 1.82) is 0 Å². The Hall–Kier alpha value is -1.54. The van der Waals surface area contributed by atoms with Crippen molar-refractivity contribution in [2.75, 3.05) is 5.33 Å². The molecule has 0 aromatic carbocycles. The summed E-state index contributed by atoms with van der Waals surface area (Å²) in [4.78, 5) is 4.33. The van der Waals surface area contributed by atoms with Crippen molar-refractivity contribution in [1.82, 2.24) is 25.1 Å². The average molecular weight is 340 g/mol. The van der Waals surface area contributed by atoms with Crippen molar-refractivity contribution in [2.45, 2.75) is 13.0 Å². The third kappa shape index (κ3) is 2.90. The fourth-order valence-electron chi connectivity index (χ4n) is 1.59. The lowest BCUT2D eigenvalue weighted by Gasteiger charge is -1.92. The van der Waals surface area contributed by atoms with Gasteiger partial charge in [0.25, 0.3) is 0 Å². The second-order valence-corrected chi connectivity index (χ2v) is 5.44. The summed E-state index contributed by atoms with van der Waals surface area (Å²) in [6.07, 6.45) is 2.74. The second kappa shape index (κ2) is 5.62. The first kappa shape index (κ1) is 12.5. The topological polar surface area (TPSA) is 69.6 Å². The molecule has 98 valence electrons. The lowest BCUT2D eigenvalue weighted by Crippen LogP contribution is -2.00. The molecule has 0 N–H and O–H groups in total. The Morgan fingerprint density at radius 1 is 1.42 bits per heavy atom. The highest BCUT2D eigenvalue weighted by Crippen LogP contribution is 2.18. The average Bonchev–Trinajstić information content (AvgIpc) is 3.10. The largest absolute Gasteiger partial charge is 0.337 e. The van der Waals surface area contributed by atoms with Gasteiger partial charge in [-0.1, -0.05) is 26.3 Å². The van der Waals surface area contributed by atoms with Crippen LogP contribution >= 0.6 is 27.3 Å². The molecule has 19 heavy (non-hydrogen) atoms. The van der Waals surface area contributed by atoms with E-state index in [1.165, 1.54) is 0 Å². The van der Waals surface area contributed by atoms with Crippen molar-refractivity contribution in [3.8, 4) is 11.4 Å². The minimum absolute atomic E-state index is 0.437. The minimum Gasteiger partial charge on any atom is -0.337 e. The number of alkyl halides is 1. The summed E-state index contributed by atoms with van der Waals surface area (Å²) >= 11 is 4.97. The van der Waals surface area contributed by atoms with Crippen molar-refractivity contribution < 1.29 is 4.52 Å². The van der Waals surface area contributed by atoms with E-state index in [0.717, 1.165) is 23.0 Å². The van der Waals surface area contributed by atoms with Crippen LogP contribution in [0.5, 0.6) is 0 Å². The van der Waals surface area contributed by atoms with Crippen molar-refractivity contribution >= 4 is 27.3 Å². The van der Waals surface area contributed by atoms with E-state index >= 15 is 0 Å². The molecule has 0 unspecified atom stereocenters. The summed E-state index contributed by atoms with van der Waals surface area (Å²) in [5, 5.41) is 16.9. The normalized spacial score (nSPS) is 11.0. The summed E-state index contributed by atoms with van der Waals surface area (Å²) in [5.41, 5.74) is 1.91. The maximum atomic E-state index is 5.21. The molecule has 0 saturated heterocycles. The molecule has 0 atom stereocenters. The number of rotatable bonds is 5. The summed E-state index contributed by atoms with van der Waals surface area (Å²) in [6.45, 7) is 0.437. The Bertz CT molecular complexity index is 648. The van der Waals surface area contributed by atoms with Gasteiger partial charge in [0.1, 0.15) is 6.54 Å². The zero-order valence-corrected chi connectivity index (χ0v) is 12.3. The maximum absolute atomic E-state index is 5.21. The molecule has 0 bridgehead atoms. The quantitative estimate of drug-likeness (QED) is 0.667. The van der Waals surface area contributed by atoms with Crippen molar-refractivity contribution in [3.63, 3.8) is 0 Å². The fraction of sp³-hybridized carbons (Fsp3) is 0.273. The zero-order chi connectivity index (χ0) is 13.1. The van der Waals surface area contributed by atoms with E-state index in [4.69, 9.17) is 4.52 Å². The van der Waals surface area contributed by atoms with E-state index < -0.39 is 0 Å². The van der Waals surface area contributed by atoms with Gasteiger partial charge in [-0.15, -0.1) is 5.10 Å². The molecule has 0 aliphatic carbocycles. The van der Waals surface area contributed by atoms with Gasteiger partial charge in [0.2, 0.25) is 11.7 Å². The molecular formula is C11H10BrN5OS. The molecule has 0 aliphatic rings. The number of hydrogen-bond donors (Lipinski definition) is 0. The Kier molecular flexibility index (Phi) is 3.69. The second-order valence-electron chi connectivity index (χ2n) is 3.87. The number of halogens is 1. The third-order valence-electron chi connectivity index (χ3n) is 2.48. The number of hydrogen-bond acceptors (Lipinski definition) is 6. The molecule has 0 amide bonds. The Balaban J connectivity index is 1.72. The zero-order valence-electron chi connectivity index (χ0n) is 9.86. The van der Waals surface area contributed by atoms with Crippen LogP contribution in [0.15, 0.2) is 27.5 Å². The van der Waals surface area contributed by atoms with Crippen LogP contribution in [0, 0.1) is 0 Å². The number of thiophene rings is 1. The maximum Gasteiger partial charge on any atom is 0.248 e. The standard InChI is InChI=1S/C11H10BrN5OS/c12-3-1-9-5-17(16-14-9)6-10-13-11(15-18-10)8-2-4-19-7-8/h2,4-5,7H,1,3,6H2. The van der Waals surface area contributed by atoms with E-state index in [1.54, 1.807) is 16.0 Å². The van der Waals surface area contributed by atoms with Crippen LogP contribution in [-0.4, -0.2) is 30.5 Å². The predicted molar refractivity (Wildman–Crippen MR) is 74.2 cm³/mol. The fourth-order valence-corrected chi connectivity index (χ4v) is 2.63. The van der Waals surface area contributed by atoms with Gasteiger partial charge in [0, 0.05) is 28.9 Å². The molecule has 0 spiro atoms. The molecule has 6 nitrogen and oxygen atoms in total. The van der Waals surface area contributed by atoms with Gasteiger partial charge in [-0.05, 0) is 11.4 Å². The third-order valence-corrected chi connectivity index (χ3v) is 3.56. The smallest absolute Gasteiger partial charge is 0.248 e. The predicted octanol–water partition coefficient (Wildman–Crippen LogP) is 2.38. The van der Waals surface area contributed by atoms with Crippen LogP contribution in [0.25, 0.3) is 11.4 Å². The lowest BCUT2D eigenvalue weighted by molar-refractivity contribution is 0.364. The minimum atomic E-state index is 0.437. The molecule has 8 heteroatoms. The molecule has 3 heterocycles. The summed E-state index contributed by atoms with van der Waals surface area (Å²) < 4.78 is 6.90. The molecule has 0 aliphatic heterocycles. The number of aryl methyl sites for hydroxylation is 1. The first-order valence-electron chi connectivity index (χ1n) is 5.65. The van der Waals surface area contributed by atoms with Crippen LogP contribution < -0.4 is 0 Å². The SMILES string of the molecule is BrCCc1cn(Cc2nc(-c3ccsc3)no2)nn1. The van der Waals surface area contributed by atoms with Crippen LogP contribution in [0.1, 0.15) is 11.6 Å². The molecule has 0 saturated carbocycles. The Labute approximate surface area is 121 Å². The van der Waals surface area contributed by atoms with Crippen LogP contribution in [0.4, 0.5) is 0 Å². The first-order chi connectivity index (χ1) is 9.35. The molecule has 0 fully saturated rings. The summed E-state index contributed by atoms with van der Waals surface area (Å²) in [5.74, 6) is 1.13. The van der Waals surface area contributed by atoms with E-state index in [0.29, 0.717) is 18.3 Å². The van der Waals surface area contributed by atoms with Gasteiger partial charge < -0.3 is 4.52 Å². The molecule has 3 rings (SSSR count). The number of nitrogens with zero attached hydrogens (tertiary/aromatic N) is 5. The highest BCUT2D eigenvalue weighted by Gasteiger charge is 2.10. The van der Waals surface area contributed by atoms with E-state index in [-0.39, 0.29) is 0 Å². The molecule has 3 aromatic heterocycles. The van der Waals surface area contributed by atoms with Crippen LogP contribution in [0.2, 0.25) is 0 Å². The highest BCUT2D eigenvalue weighted by molar-refractivity contribution is 9.09. The van der Waals surface area contributed by atoms with Gasteiger partial charge in [-0.3, -0.25) is 0 Å². The van der Waals surface area contributed by atoms with Gasteiger partial charge in [0.05, 0.1) is 5.69 Å². The molecule has 3 aromatic rings.